The minimum atomic E-state index is -0.348. The standard InChI is InChI=1S/C54H44FN5/c1-33-32-53(2,3)45-29-39(26-27-44(45)54(33,4)5)59-46-20-11-9-18-40(46)42-30-43-41-19-10-12-21-47(41)60(49(43)31-48(42)59)52-57-50(56-51(58-52)37-16-13-17-38(55)28-37)36-24-22-35(23-25-36)34-14-7-6-8-15-34/h6-31,33H,32H2,1-5H3. The molecule has 3 heterocycles. The molecule has 1 aliphatic carbocycles. The number of aromatic nitrogens is 5. The predicted molar refractivity (Wildman–Crippen MR) is 245 cm³/mol. The molecule has 0 radical (unpaired) electrons. The van der Waals surface area contributed by atoms with Crippen molar-refractivity contribution in [1.82, 2.24) is 24.1 Å². The van der Waals surface area contributed by atoms with Crippen LogP contribution in [0.2, 0.25) is 0 Å². The maximum absolute atomic E-state index is 14.8. The lowest BCUT2D eigenvalue weighted by Gasteiger charge is -2.46. The average Bonchev–Trinajstić information content (AvgIpc) is 3.77. The van der Waals surface area contributed by atoms with Crippen LogP contribution in [-0.2, 0) is 10.8 Å². The van der Waals surface area contributed by atoms with Crippen molar-refractivity contribution < 1.29 is 4.39 Å². The van der Waals surface area contributed by atoms with Gasteiger partial charge in [-0.15, -0.1) is 0 Å². The van der Waals surface area contributed by atoms with E-state index in [9.17, 15) is 4.39 Å². The summed E-state index contributed by atoms with van der Waals surface area (Å²) in [5.41, 5.74) is 12.0. The molecule has 5 nitrogen and oxygen atoms in total. The van der Waals surface area contributed by atoms with Crippen LogP contribution < -0.4 is 0 Å². The van der Waals surface area contributed by atoms with Gasteiger partial charge in [0, 0.05) is 38.4 Å². The third-order valence-corrected chi connectivity index (χ3v) is 13.4. The molecule has 0 aliphatic heterocycles. The van der Waals surface area contributed by atoms with Crippen LogP contribution in [0.5, 0.6) is 0 Å². The number of para-hydroxylation sites is 2. The highest BCUT2D eigenvalue weighted by atomic mass is 19.1. The highest BCUT2D eigenvalue weighted by Gasteiger charge is 2.42. The first-order chi connectivity index (χ1) is 29.0. The van der Waals surface area contributed by atoms with E-state index in [4.69, 9.17) is 15.0 Å². The topological polar surface area (TPSA) is 48.5 Å². The Kier molecular flexibility index (Phi) is 8.02. The fourth-order valence-electron chi connectivity index (χ4n) is 9.91. The lowest BCUT2D eigenvalue weighted by molar-refractivity contribution is 0.233. The highest BCUT2D eigenvalue weighted by Crippen LogP contribution is 2.50. The molecular formula is C54H44FN5. The summed E-state index contributed by atoms with van der Waals surface area (Å²) in [5.74, 6) is 1.59. The largest absolute Gasteiger partial charge is 0.309 e. The van der Waals surface area contributed by atoms with E-state index in [-0.39, 0.29) is 16.6 Å². The Bertz CT molecular complexity index is 3320. The van der Waals surface area contributed by atoms with Crippen molar-refractivity contribution in [2.24, 2.45) is 5.92 Å². The lowest BCUT2D eigenvalue weighted by atomic mass is 9.58. The molecular weight excluding hydrogens is 738 g/mol. The van der Waals surface area contributed by atoms with Gasteiger partial charge in [0.1, 0.15) is 5.82 Å². The van der Waals surface area contributed by atoms with Crippen molar-refractivity contribution in [3.8, 4) is 45.5 Å². The molecule has 0 spiro atoms. The molecule has 0 bridgehead atoms. The van der Waals surface area contributed by atoms with Crippen LogP contribution in [0.15, 0.2) is 158 Å². The molecule has 1 atom stereocenters. The number of benzene rings is 7. The van der Waals surface area contributed by atoms with E-state index in [0.29, 0.717) is 29.1 Å². The molecule has 0 N–H and O–H groups in total. The second-order valence-electron chi connectivity index (χ2n) is 17.8. The minimum Gasteiger partial charge on any atom is -0.309 e. The summed E-state index contributed by atoms with van der Waals surface area (Å²) in [5, 5.41) is 4.58. The maximum atomic E-state index is 14.8. The Balaban J connectivity index is 1.17. The minimum absolute atomic E-state index is 0.0381. The smallest absolute Gasteiger partial charge is 0.238 e. The summed E-state index contributed by atoms with van der Waals surface area (Å²) < 4.78 is 19.4. The molecule has 3 aromatic heterocycles. The van der Waals surface area contributed by atoms with Gasteiger partial charge in [0.15, 0.2) is 11.6 Å². The summed E-state index contributed by atoms with van der Waals surface area (Å²) in [7, 11) is 0. The summed E-state index contributed by atoms with van der Waals surface area (Å²) in [6.45, 7) is 12.0. The van der Waals surface area contributed by atoms with Gasteiger partial charge in [0.05, 0.1) is 22.1 Å². The second-order valence-corrected chi connectivity index (χ2v) is 17.8. The predicted octanol–water partition coefficient (Wildman–Crippen LogP) is 13.8. The molecule has 0 saturated carbocycles. The van der Waals surface area contributed by atoms with E-state index < -0.39 is 0 Å². The van der Waals surface area contributed by atoms with E-state index in [1.54, 1.807) is 6.07 Å². The zero-order valence-corrected chi connectivity index (χ0v) is 34.4. The van der Waals surface area contributed by atoms with Crippen LogP contribution in [-0.4, -0.2) is 24.1 Å². The van der Waals surface area contributed by atoms with E-state index in [2.05, 4.69) is 147 Å². The molecule has 10 aromatic rings. The van der Waals surface area contributed by atoms with Gasteiger partial charge in [0.25, 0.3) is 0 Å². The van der Waals surface area contributed by atoms with Crippen LogP contribution in [0.25, 0.3) is 89.2 Å². The molecule has 0 amide bonds. The van der Waals surface area contributed by atoms with Crippen LogP contribution in [0.4, 0.5) is 4.39 Å². The van der Waals surface area contributed by atoms with E-state index in [1.165, 1.54) is 34.0 Å². The third kappa shape index (κ3) is 5.61. The van der Waals surface area contributed by atoms with Gasteiger partial charge < -0.3 is 4.57 Å². The van der Waals surface area contributed by atoms with E-state index >= 15 is 0 Å². The zero-order chi connectivity index (χ0) is 40.9. The average molecular weight is 782 g/mol. The molecule has 0 saturated heterocycles. The van der Waals surface area contributed by atoms with Gasteiger partial charge in [-0.05, 0) is 94.0 Å². The van der Waals surface area contributed by atoms with Crippen LogP contribution in [0.3, 0.4) is 0 Å². The van der Waals surface area contributed by atoms with Crippen molar-refractivity contribution in [3.05, 3.63) is 175 Å². The summed E-state index contributed by atoms with van der Waals surface area (Å²) in [6, 6.07) is 54.0. The Hall–Kier alpha value is -6.92. The van der Waals surface area contributed by atoms with Crippen LogP contribution in [0.1, 0.15) is 52.2 Å². The number of hydrogen-bond donors (Lipinski definition) is 0. The highest BCUT2D eigenvalue weighted by molar-refractivity contribution is 6.19. The number of rotatable bonds is 5. The van der Waals surface area contributed by atoms with Gasteiger partial charge in [0.2, 0.25) is 5.95 Å². The third-order valence-electron chi connectivity index (χ3n) is 13.4. The van der Waals surface area contributed by atoms with Crippen molar-refractivity contribution >= 4 is 43.6 Å². The van der Waals surface area contributed by atoms with Gasteiger partial charge in [-0.1, -0.05) is 144 Å². The molecule has 7 aromatic carbocycles. The SMILES string of the molecule is CC1CC(C)(C)c2cc(-n3c4ccccc4c4cc5c6ccccc6n(-c6nc(-c7ccc(-c8ccccc8)cc7)nc(-c7cccc(F)c7)n6)c5cc43)ccc2C1(C)C. The number of nitrogens with zero attached hydrogens (tertiary/aromatic N) is 5. The first-order valence-corrected chi connectivity index (χ1v) is 20.9. The van der Waals surface area contributed by atoms with Gasteiger partial charge in [-0.25, -0.2) is 9.37 Å². The molecule has 0 fully saturated rings. The molecule has 6 heteroatoms. The van der Waals surface area contributed by atoms with Crippen molar-refractivity contribution in [1.29, 1.82) is 0 Å². The van der Waals surface area contributed by atoms with E-state index in [1.807, 2.05) is 36.4 Å². The molecule has 1 unspecified atom stereocenters. The van der Waals surface area contributed by atoms with Crippen LogP contribution in [0, 0.1) is 11.7 Å². The fraction of sp³-hybridized carbons (Fsp3) is 0.167. The van der Waals surface area contributed by atoms with Crippen molar-refractivity contribution in [2.45, 2.75) is 51.9 Å². The first-order valence-electron chi connectivity index (χ1n) is 20.9. The monoisotopic (exact) mass is 781 g/mol. The van der Waals surface area contributed by atoms with E-state index in [0.717, 1.165) is 61.6 Å². The quantitative estimate of drug-likeness (QED) is 0.175. The van der Waals surface area contributed by atoms with Crippen molar-refractivity contribution in [3.63, 3.8) is 0 Å². The lowest BCUT2D eigenvalue weighted by Crippen LogP contribution is -2.40. The number of hydrogen-bond acceptors (Lipinski definition) is 3. The Labute approximate surface area is 348 Å². The molecule has 292 valence electrons. The van der Waals surface area contributed by atoms with Crippen molar-refractivity contribution in [2.75, 3.05) is 0 Å². The number of halogens is 1. The first kappa shape index (κ1) is 36.2. The Morgan fingerprint density at radius 1 is 0.483 bits per heavy atom. The summed E-state index contributed by atoms with van der Waals surface area (Å²) in [6.07, 6.45) is 1.13. The van der Waals surface area contributed by atoms with Gasteiger partial charge in [-0.2, -0.15) is 9.97 Å². The fourth-order valence-corrected chi connectivity index (χ4v) is 9.91. The zero-order valence-electron chi connectivity index (χ0n) is 34.4. The van der Waals surface area contributed by atoms with Crippen LogP contribution >= 0.6 is 0 Å². The van der Waals surface area contributed by atoms with Gasteiger partial charge in [-0.3, -0.25) is 4.57 Å². The summed E-state index contributed by atoms with van der Waals surface area (Å²) >= 11 is 0. The maximum Gasteiger partial charge on any atom is 0.238 e. The molecule has 60 heavy (non-hydrogen) atoms. The number of fused-ring (bicyclic) bond motifs is 7. The van der Waals surface area contributed by atoms with Gasteiger partial charge >= 0.3 is 0 Å². The molecule has 11 rings (SSSR count). The molecule has 1 aliphatic rings. The summed E-state index contributed by atoms with van der Waals surface area (Å²) in [4.78, 5) is 15.3. The second kappa shape index (κ2) is 13.3. The normalized spacial score (nSPS) is 15.9. The Morgan fingerprint density at radius 3 is 1.77 bits per heavy atom. The Morgan fingerprint density at radius 2 is 1.07 bits per heavy atom.